The second-order valence-corrected chi connectivity index (χ2v) is 10.3. The number of benzene rings is 2. The van der Waals surface area contributed by atoms with E-state index in [4.69, 9.17) is 35.3 Å². The number of aliphatic hydroxyl groups is 1. The van der Waals surface area contributed by atoms with Crippen LogP contribution in [-0.4, -0.2) is 49.9 Å². The van der Waals surface area contributed by atoms with Crippen LogP contribution in [0.2, 0.25) is 5.15 Å². The molecule has 1 aliphatic heterocycles. The van der Waals surface area contributed by atoms with Gasteiger partial charge < -0.3 is 28.8 Å². The minimum Gasteiger partial charge on any atom is -0.497 e. The molecule has 1 atom stereocenters. The molecular formula is C30H34ClNO7. The summed E-state index contributed by atoms with van der Waals surface area (Å²) >= 11 is 6.29. The van der Waals surface area contributed by atoms with Crippen molar-refractivity contribution in [3.63, 3.8) is 0 Å². The number of nitrogens with zero attached hydrogens (tertiary/aromatic N) is 1. The molecule has 0 spiro atoms. The van der Waals surface area contributed by atoms with Gasteiger partial charge in [-0.2, -0.15) is 0 Å². The number of hydrogen-bond donors (Lipinski definition) is 1. The molecule has 0 bridgehead atoms. The molecule has 0 aliphatic carbocycles. The van der Waals surface area contributed by atoms with Gasteiger partial charge >= 0.3 is 0 Å². The van der Waals surface area contributed by atoms with Crippen molar-refractivity contribution in [3.8, 4) is 23.0 Å². The summed E-state index contributed by atoms with van der Waals surface area (Å²) in [5.41, 5.74) is 2.62. The average molecular weight is 556 g/mol. The van der Waals surface area contributed by atoms with Gasteiger partial charge in [-0.05, 0) is 48.4 Å². The molecule has 8 nitrogen and oxygen atoms in total. The molecule has 39 heavy (non-hydrogen) atoms. The Kier molecular flexibility index (Phi) is 9.32. The number of aromatic nitrogens is 1. The highest BCUT2D eigenvalue weighted by Crippen LogP contribution is 2.43. The van der Waals surface area contributed by atoms with Crippen molar-refractivity contribution >= 4 is 17.4 Å². The van der Waals surface area contributed by atoms with Crippen LogP contribution in [0.5, 0.6) is 23.0 Å². The molecule has 2 heterocycles. The van der Waals surface area contributed by atoms with E-state index in [0.717, 1.165) is 16.9 Å². The number of aliphatic hydroxyl groups excluding tert-OH is 1. The quantitative estimate of drug-likeness (QED) is 0.163. The lowest BCUT2D eigenvalue weighted by molar-refractivity contribution is 0.0878. The average Bonchev–Trinajstić information content (AvgIpc) is 3.26. The Morgan fingerprint density at radius 1 is 1.08 bits per heavy atom. The first-order valence-electron chi connectivity index (χ1n) is 12.8. The van der Waals surface area contributed by atoms with E-state index in [1.165, 1.54) is 7.11 Å². The molecule has 208 valence electrons. The SMILES string of the molecule is COc1ccc(COCCOc2ccc(C(=O)CCC(O)c3cc4c(c(Cl)n3)OCC4(C)C)cc2OC)cc1. The molecule has 1 N–H and O–H groups in total. The van der Waals surface area contributed by atoms with Gasteiger partial charge in [0.1, 0.15) is 12.4 Å². The molecule has 0 fully saturated rings. The van der Waals surface area contributed by atoms with Gasteiger partial charge in [-0.15, -0.1) is 0 Å². The lowest BCUT2D eigenvalue weighted by atomic mass is 9.86. The molecular weight excluding hydrogens is 522 g/mol. The van der Waals surface area contributed by atoms with Crippen molar-refractivity contribution in [2.24, 2.45) is 0 Å². The van der Waals surface area contributed by atoms with Gasteiger partial charge in [-0.3, -0.25) is 4.79 Å². The Hall–Kier alpha value is -3.33. The highest BCUT2D eigenvalue weighted by atomic mass is 35.5. The summed E-state index contributed by atoms with van der Waals surface area (Å²) in [4.78, 5) is 17.2. The number of pyridine rings is 1. The molecule has 0 saturated carbocycles. The lowest BCUT2D eigenvalue weighted by Crippen LogP contribution is -2.18. The first kappa shape index (κ1) is 28.7. The molecule has 0 radical (unpaired) electrons. The Morgan fingerprint density at radius 2 is 1.85 bits per heavy atom. The zero-order valence-corrected chi connectivity index (χ0v) is 23.4. The van der Waals surface area contributed by atoms with E-state index in [1.54, 1.807) is 25.3 Å². The molecule has 4 rings (SSSR count). The lowest BCUT2D eigenvalue weighted by Gasteiger charge is -2.17. The second kappa shape index (κ2) is 12.7. The number of ketones is 1. The Labute approximate surface area is 233 Å². The minimum absolute atomic E-state index is 0.125. The Balaban J connectivity index is 1.28. The summed E-state index contributed by atoms with van der Waals surface area (Å²) in [6, 6.07) is 14.5. The van der Waals surface area contributed by atoms with Crippen LogP contribution in [0.3, 0.4) is 0 Å². The van der Waals surface area contributed by atoms with Crippen LogP contribution in [0.25, 0.3) is 0 Å². The number of Topliss-reactive ketones (excluding diaryl/α,β-unsaturated/α-hetero) is 1. The fraction of sp³-hybridized carbons (Fsp3) is 0.400. The molecule has 0 amide bonds. The van der Waals surface area contributed by atoms with Crippen LogP contribution in [-0.2, 0) is 16.8 Å². The van der Waals surface area contributed by atoms with Crippen LogP contribution in [0.1, 0.15) is 60.0 Å². The Bertz CT molecular complexity index is 1290. The molecule has 2 aromatic carbocycles. The Morgan fingerprint density at radius 3 is 2.56 bits per heavy atom. The van der Waals surface area contributed by atoms with Crippen molar-refractivity contribution in [3.05, 3.63) is 76.1 Å². The van der Waals surface area contributed by atoms with Crippen molar-refractivity contribution in [1.82, 2.24) is 4.98 Å². The fourth-order valence-electron chi connectivity index (χ4n) is 4.30. The number of carbonyl (C=O) groups is 1. The van der Waals surface area contributed by atoms with Crippen molar-refractivity contribution in [2.75, 3.05) is 34.0 Å². The maximum Gasteiger partial charge on any atom is 0.171 e. The zero-order valence-electron chi connectivity index (χ0n) is 22.7. The van der Waals surface area contributed by atoms with Crippen LogP contribution in [0.15, 0.2) is 48.5 Å². The maximum absolute atomic E-state index is 12.9. The molecule has 1 aromatic heterocycles. The van der Waals surface area contributed by atoms with Gasteiger partial charge in [-0.25, -0.2) is 4.98 Å². The number of hydrogen-bond acceptors (Lipinski definition) is 8. The zero-order chi connectivity index (χ0) is 28.0. The number of methoxy groups -OCH3 is 2. The van der Waals surface area contributed by atoms with Crippen molar-refractivity contribution in [2.45, 2.75) is 44.8 Å². The first-order chi connectivity index (χ1) is 18.7. The van der Waals surface area contributed by atoms with Crippen LogP contribution in [0.4, 0.5) is 0 Å². The fourth-order valence-corrected chi connectivity index (χ4v) is 4.56. The molecule has 9 heteroatoms. The van der Waals surface area contributed by atoms with Gasteiger partial charge in [0.25, 0.3) is 0 Å². The maximum atomic E-state index is 12.9. The van der Waals surface area contributed by atoms with E-state index in [-0.39, 0.29) is 29.2 Å². The third kappa shape index (κ3) is 7.01. The molecule has 0 saturated heterocycles. The van der Waals surface area contributed by atoms with E-state index in [0.29, 0.717) is 54.9 Å². The normalized spacial score (nSPS) is 14.3. The largest absolute Gasteiger partial charge is 0.497 e. The number of fused-ring (bicyclic) bond motifs is 1. The highest BCUT2D eigenvalue weighted by molar-refractivity contribution is 6.31. The first-order valence-corrected chi connectivity index (χ1v) is 13.2. The topological polar surface area (TPSA) is 96.3 Å². The third-order valence-corrected chi connectivity index (χ3v) is 6.90. The van der Waals surface area contributed by atoms with E-state index >= 15 is 0 Å². The summed E-state index contributed by atoms with van der Waals surface area (Å²) in [6.45, 7) is 5.76. The van der Waals surface area contributed by atoms with Gasteiger partial charge in [-0.1, -0.05) is 37.6 Å². The second-order valence-electron chi connectivity index (χ2n) is 9.98. The van der Waals surface area contributed by atoms with E-state index < -0.39 is 6.10 Å². The summed E-state index contributed by atoms with van der Waals surface area (Å²) < 4.78 is 27.7. The summed E-state index contributed by atoms with van der Waals surface area (Å²) in [5.74, 6) is 2.20. The molecule has 3 aromatic rings. The monoisotopic (exact) mass is 555 g/mol. The molecule has 1 unspecified atom stereocenters. The van der Waals surface area contributed by atoms with E-state index in [2.05, 4.69) is 4.98 Å². The van der Waals surface area contributed by atoms with Gasteiger partial charge in [0.2, 0.25) is 0 Å². The number of halogens is 1. The smallest absolute Gasteiger partial charge is 0.171 e. The predicted molar refractivity (Wildman–Crippen MR) is 147 cm³/mol. The number of rotatable bonds is 13. The van der Waals surface area contributed by atoms with Crippen LogP contribution in [0, 0.1) is 0 Å². The van der Waals surface area contributed by atoms with Crippen molar-refractivity contribution < 1.29 is 33.6 Å². The van der Waals surface area contributed by atoms with Gasteiger partial charge in [0.05, 0.1) is 45.8 Å². The van der Waals surface area contributed by atoms with Gasteiger partial charge in [0, 0.05) is 23.0 Å². The summed E-state index contributed by atoms with van der Waals surface area (Å²) in [5, 5.41) is 11.0. The standard InChI is InChI=1S/C30H34ClNO7/c1-30(2)18-39-28-22(30)16-23(32-29(28)31)25(34)11-10-24(33)20-7-12-26(27(15-20)36-4)38-14-13-37-17-19-5-8-21(35-3)9-6-19/h5-9,12,15-16,25,34H,10-11,13-14,17-18H2,1-4H3. The predicted octanol–water partition coefficient (Wildman–Crippen LogP) is 5.71. The number of carbonyl (C=O) groups excluding carboxylic acids is 1. The highest BCUT2D eigenvalue weighted by Gasteiger charge is 2.35. The van der Waals surface area contributed by atoms with Crippen LogP contribution < -0.4 is 18.9 Å². The van der Waals surface area contributed by atoms with Crippen molar-refractivity contribution in [1.29, 1.82) is 0 Å². The number of ether oxygens (including phenoxy) is 5. The van der Waals surface area contributed by atoms with Gasteiger partial charge in [0.15, 0.2) is 28.2 Å². The third-order valence-electron chi connectivity index (χ3n) is 6.64. The van der Waals surface area contributed by atoms with E-state index in [9.17, 15) is 9.90 Å². The summed E-state index contributed by atoms with van der Waals surface area (Å²) in [7, 11) is 3.15. The summed E-state index contributed by atoms with van der Waals surface area (Å²) in [6.07, 6.45) is -0.607. The van der Waals surface area contributed by atoms with Crippen LogP contribution >= 0.6 is 11.6 Å². The molecule has 1 aliphatic rings. The minimum atomic E-state index is -0.935. The van der Waals surface area contributed by atoms with E-state index in [1.807, 2.05) is 44.2 Å².